The van der Waals surface area contributed by atoms with E-state index in [1.54, 1.807) is 39.0 Å². The summed E-state index contributed by atoms with van der Waals surface area (Å²) in [5.41, 5.74) is 0.835. The number of fused-ring (bicyclic) bond motifs is 1. The van der Waals surface area contributed by atoms with Gasteiger partial charge in [-0.3, -0.25) is 15.1 Å². The molecule has 28 heavy (non-hydrogen) atoms. The Kier molecular flexibility index (Phi) is 5.21. The van der Waals surface area contributed by atoms with Crippen LogP contribution in [0.5, 0.6) is 0 Å². The van der Waals surface area contributed by atoms with E-state index in [2.05, 4.69) is 20.6 Å². The molecule has 0 aliphatic carbocycles. The Labute approximate surface area is 161 Å². The number of anilines is 2. The number of carbonyl (C=O) groups is 2. The van der Waals surface area contributed by atoms with Crippen LogP contribution in [0.4, 0.5) is 20.6 Å². The molecule has 0 radical (unpaired) electrons. The fourth-order valence-corrected chi connectivity index (χ4v) is 2.40. The molecular formula is C20H19FN4O3. The summed E-state index contributed by atoms with van der Waals surface area (Å²) >= 11 is 0. The van der Waals surface area contributed by atoms with Crippen LogP contribution in [0.25, 0.3) is 11.0 Å². The van der Waals surface area contributed by atoms with E-state index in [9.17, 15) is 14.0 Å². The van der Waals surface area contributed by atoms with Crippen molar-refractivity contribution in [2.45, 2.75) is 26.4 Å². The number of rotatable bonds is 3. The normalized spacial score (nSPS) is 11.1. The molecule has 0 aliphatic rings. The smallest absolute Gasteiger partial charge is 0.412 e. The van der Waals surface area contributed by atoms with Gasteiger partial charge < -0.3 is 10.1 Å². The summed E-state index contributed by atoms with van der Waals surface area (Å²) < 4.78 is 18.9. The van der Waals surface area contributed by atoms with Crippen LogP contribution in [0.15, 0.2) is 48.7 Å². The van der Waals surface area contributed by atoms with Crippen LogP contribution < -0.4 is 10.6 Å². The Balaban J connectivity index is 1.83. The Hall–Kier alpha value is -3.55. The molecule has 3 aromatic rings. The van der Waals surface area contributed by atoms with Gasteiger partial charge in [-0.05, 0) is 51.1 Å². The Morgan fingerprint density at radius 3 is 2.43 bits per heavy atom. The van der Waals surface area contributed by atoms with E-state index in [1.807, 2.05) is 6.07 Å². The Morgan fingerprint density at radius 1 is 1.00 bits per heavy atom. The van der Waals surface area contributed by atoms with Crippen LogP contribution in [0.1, 0.15) is 31.3 Å². The van der Waals surface area contributed by atoms with Crippen molar-refractivity contribution in [3.63, 3.8) is 0 Å². The third kappa shape index (κ3) is 4.79. The highest BCUT2D eigenvalue weighted by atomic mass is 19.1. The maximum Gasteiger partial charge on any atom is 0.412 e. The number of nitrogens with one attached hydrogen (secondary N) is 2. The lowest BCUT2D eigenvalue weighted by molar-refractivity contribution is 0.0635. The first-order valence-electron chi connectivity index (χ1n) is 8.54. The Bertz CT molecular complexity index is 1050. The second-order valence-corrected chi connectivity index (χ2v) is 7.01. The summed E-state index contributed by atoms with van der Waals surface area (Å²) in [6.07, 6.45) is 0.609. The molecule has 7 nitrogen and oxygen atoms in total. The summed E-state index contributed by atoms with van der Waals surface area (Å²) in [5, 5.41) is 5.05. The molecule has 0 atom stereocenters. The summed E-state index contributed by atoms with van der Waals surface area (Å²) in [6, 6.07) is 10.7. The van der Waals surface area contributed by atoms with E-state index in [0.29, 0.717) is 11.0 Å². The van der Waals surface area contributed by atoms with Crippen LogP contribution in [0, 0.1) is 5.82 Å². The maximum atomic E-state index is 13.7. The molecule has 0 bridgehead atoms. The van der Waals surface area contributed by atoms with Gasteiger partial charge in [0.05, 0.1) is 28.6 Å². The van der Waals surface area contributed by atoms with Gasteiger partial charge in [0.2, 0.25) is 0 Å². The number of aromatic nitrogens is 2. The molecule has 2 aromatic carbocycles. The van der Waals surface area contributed by atoms with Gasteiger partial charge in [-0.25, -0.2) is 14.2 Å². The molecule has 0 saturated heterocycles. The van der Waals surface area contributed by atoms with Gasteiger partial charge in [-0.2, -0.15) is 0 Å². The molecule has 0 unspecified atom stereocenters. The van der Waals surface area contributed by atoms with Crippen molar-refractivity contribution in [3.8, 4) is 0 Å². The first kappa shape index (κ1) is 19.2. The molecule has 1 aromatic heterocycles. The van der Waals surface area contributed by atoms with E-state index >= 15 is 0 Å². The monoisotopic (exact) mass is 382 g/mol. The number of halogens is 1. The average Bonchev–Trinajstić information content (AvgIpc) is 2.62. The lowest BCUT2D eigenvalue weighted by Crippen LogP contribution is -2.27. The van der Waals surface area contributed by atoms with Crippen LogP contribution in [0.2, 0.25) is 0 Å². The molecule has 2 N–H and O–H groups in total. The maximum absolute atomic E-state index is 13.7. The number of hydrogen-bond acceptors (Lipinski definition) is 5. The lowest BCUT2D eigenvalue weighted by Gasteiger charge is -2.20. The van der Waals surface area contributed by atoms with E-state index in [4.69, 9.17) is 4.74 Å². The number of amides is 2. The van der Waals surface area contributed by atoms with Crippen LogP contribution in [-0.4, -0.2) is 27.6 Å². The molecule has 1 heterocycles. The van der Waals surface area contributed by atoms with Gasteiger partial charge in [0.1, 0.15) is 17.1 Å². The number of para-hydroxylation sites is 2. The number of hydrogen-bond donors (Lipinski definition) is 2. The van der Waals surface area contributed by atoms with Crippen molar-refractivity contribution in [2.75, 3.05) is 10.6 Å². The molecule has 0 saturated carbocycles. The van der Waals surface area contributed by atoms with E-state index < -0.39 is 23.4 Å². The van der Waals surface area contributed by atoms with E-state index in [1.165, 1.54) is 12.3 Å². The summed E-state index contributed by atoms with van der Waals surface area (Å²) in [5.74, 6) is -1.16. The van der Waals surface area contributed by atoms with Crippen LogP contribution >= 0.6 is 0 Å². The summed E-state index contributed by atoms with van der Waals surface area (Å²) in [6.45, 7) is 5.16. The fraction of sp³-hybridized carbons (Fsp3) is 0.200. The number of ether oxygens (including phenoxy) is 1. The van der Waals surface area contributed by atoms with Gasteiger partial charge in [0, 0.05) is 0 Å². The van der Waals surface area contributed by atoms with E-state index in [-0.39, 0.29) is 17.1 Å². The largest absolute Gasteiger partial charge is 0.444 e. The van der Waals surface area contributed by atoms with Crippen molar-refractivity contribution >= 4 is 34.4 Å². The molecule has 0 aliphatic heterocycles. The highest BCUT2D eigenvalue weighted by Gasteiger charge is 2.19. The van der Waals surface area contributed by atoms with Crippen LogP contribution in [0.3, 0.4) is 0 Å². The third-order valence-corrected chi connectivity index (χ3v) is 3.55. The summed E-state index contributed by atoms with van der Waals surface area (Å²) in [7, 11) is 0. The van der Waals surface area contributed by atoms with Gasteiger partial charge in [0.15, 0.2) is 0 Å². The molecular weight excluding hydrogens is 363 g/mol. The first-order valence-corrected chi connectivity index (χ1v) is 8.54. The predicted molar refractivity (Wildman–Crippen MR) is 104 cm³/mol. The third-order valence-electron chi connectivity index (χ3n) is 3.55. The van der Waals surface area contributed by atoms with Crippen molar-refractivity contribution in [1.29, 1.82) is 0 Å². The standard InChI is InChI=1S/C20H19FN4O3/c1-20(2,3)28-19(27)25-15-9-8-12(21)10-16(15)24-18(26)17-11-22-13-6-4-5-7-14(13)23-17/h4-11H,1-3H3,(H,24,26)(H,25,27). The fourth-order valence-electron chi connectivity index (χ4n) is 2.40. The molecule has 8 heteroatoms. The average molecular weight is 382 g/mol. The predicted octanol–water partition coefficient (Wildman–Crippen LogP) is 4.37. The van der Waals surface area contributed by atoms with Crippen LogP contribution in [-0.2, 0) is 4.74 Å². The molecule has 0 spiro atoms. The zero-order valence-electron chi connectivity index (χ0n) is 15.6. The second kappa shape index (κ2) is 7.59. The van der Waals surface area contributed by atoms with Crippen molar-refractivity contribution in [1.82, 2.24) is 9.97 Å². The Morgan fingerprint density at radius 2 is 1.71 bits per heavy atom. The molecule has 0 fully saturated rings. The zero-order valence-corrected chi connectivity index (χ0v) is 15.6. The molecule has 3 rings (SSSR count). The number of benzene rings is 2. The zero-order chi connectivity index (χ0) is 20.3. The number of carbonyl (C=O) groups excluding carboxylic acids is 2. The first-order chi connectivity index (χ1) is 13.2. The van der Waals surface area contributed by atoms with Gasteiger partial charge in [0.25, 0.3) is 5.91 Å². The van der Waals surface area contributed by atoms with Gasteiger partial charge >= 0.3 is 6.09 Å². The minimum absolute atomic E-state index is 0.0613. The highest BCUT2D eigenvalue weighted by molar-refractivity contribution is 6.06. The molecule has 2 amide bonds. The molecule has 144 valence electrons. The van der Waals surface area contributed by atoms with Crippen molar-refractivity contribution in [2.24, 2.45) is 0 Å². The highest BCUT2D eigenvalue weighted by Crippen LogP contribution is 2.24. The van der Waals surface area contributed by atoms with E-state index in [0.717, 1.165) is 12.1 Å². The minimum Gasteiger partial charge on any atom is -0.444 e. The van der Waals surface area contributed by atoms with Gasteiger partial charge in [-0.15, -0.1) is 0 Å². The SMILES string of the molecule is CC(C)(C)OC(=O)Nc1ccc(F)cc1NC(=O)c1cnc2ccccc2n1. The lowest BCUT2D eigenvalue weighted by atomic mass is 10.2. The summed E-state index contributed by atoms with van der Waals surface area (Å²) in [4.78, 5) is 33.0. The number of nitrogens with zero attached hydrogens (tertiary/aromatic N) is 2. The topological polar surface area (TPSA) is 93.2 Å². The van der Waals surface area contributed by atoms with Gasteiger partial charge in [-0.1, -0.05) is 12.1 Å². The quantitative estimate of drug-likeness (QED) is 0.702. The van der Waals surface area contributed by atoms with Crippen molar-refractivity contribution < 1.29 is 18.7 Å². The second-order valence-electron chi connectivity index (χ2n) is 7.01. The minimum atomic E-state index is -0.722. The van der Waals surface area contributed by atoms with Crippen molar-refractivity contribution in [3.05, 3.63) is 60.2 Å².